The van der Waals surface area contributed by atoms with Gasteiger partial charge in [0, 0.05) is 6.21 Å². The molecule has 0 radical (unpaired) electrons. The normalized spacial score (nSPS) is 12.6. The van der Waals surface area contributed by atoms with Crippen LogP contribution in [0.25, 0.3) is 6.08 Å². The Morgan fingerprint density at radius 1 is 1.03 bits per heavy atom. The maximum Gasteiger partial charge on any atom is 0.408 e. The zero-order valence-electron chi connectivity index (χ0n) is 18.1. The second kappa shape index (κ2) is 12.3. The van der Waals surface area contributed by atoms with Crippen LogP contribution < -0.4 is 10.7 Å². The Balaban J connectivity index is 1.91. The van der Waals surface area contributed by atoms with E-state index in [1.165, 1.54) is 6.21 Å². The summed E-state index contributed by atoms with van der Waals surface area (Å²) < 4.78 is 10.9. The van der Waals surface area contributed by atoms with Crippen molar-refractivity contribution >= 4 is 24.3 Å². The number of allylic oxidation sites excluding steroid dienone is 1. The molecule has 2 aromatic rings. The van der Waals surface area contributed by atoms with E-state index < -0.39 is 23.6 Å². The van der Waals surface area contributed by atoms with Crippen molar-refractivity contribution in [3.05, 3.63) is 77.9 Å². The van der Waals surface area contributed by atoms with Crippen molar-refractivity contribution in [3.63, 3.8) is 0 Å². The highest BCUT2D eigenvalue weighted by Gasteiger charge is 2.24. The number of ether oxygens (including phenoxy) is 2. The maximum atomic E-state index is 12.5. The van der Waals surface area contributed by atoms with Gasteiger partial charge in [0.05, 0.1) is 13.2 Å². The Morgan fingerprint density at radius 2 is 1.68 bits per heavy atom. The molecule has 0 heterocycles. The average molecular weight is 424 g/mol. The first-order chi connectivity index (χ1) is 14.8. The number of benzene rings is 2. The molecular formula is C24H29N3O4. The van der Waals surface area contributed by atoms with Crippen LogP contribution in [-0.2, 0) is 20.9 Å². The van der Waals surface area contributed by atoms with E-state index in [0.29, 0.717) is 6.61 Å². The van der Waals surface area contributed by atoms with Gasteiger partial charge >= 0.3 is 6.09 Å². The number of hydrogen-bond acceptors (Lipinski definition) is 5. The molecule has 31 heavy (non-hydrogen) atoms. The first-order valence-electron chi connectivity index (χ1n) is 9.99. The van der Waals surface area contributed by atoms with E-state index in [1.54, 1.807) is 26.8 Å². The third-order valence-corrected chi connectivity index (χ3v) is 3.83. The van der Waals surface area contributed by atoms with E-state index in [9.17, 15) is 9.59 Å². The first-order valence-corrected chi connectivity index (χ1v) is 9.99. The van der Waals surface area contributed by atoms with Gasteiger partial charge in [-0.05, 0) is 38.0 Å². The third kappa shape index (κ3) is 10.2. The second-order valence-corrected chi connectivity index (χ2v) is 7.72. The van der Waals surface area contributed by atoms with E-state index in [-0.39, 0.29) is 6.61 Å². The highest BCUT2D eigenvalue weighted by molar-refractivity contribution is 5.87. The van der Waals surface area contributed by atoms with Gasteiger partial charge in [0.25, 0.3) is 5.91 Å². The Morgan fingerprint density at radius 3 is 2.32 bits per heavy atom. The predicted octanol–water partition coefficient (Wildman–Crippen LogP) is 3.91. The molecule has 0 aliphatic heterocycles. The fourth-order valence-corrected chi connectivity index (χ4v) is 2.44. The van der Waals surface area contributed by atoms with Crippen LogP contribution in [0.1, 0.15) is 31.9 Å². The first kappa shape index (κ1) is 23.8. The van der Waals surface area contributed by atoms with Crippen LogP contribution >= 0.6 is 0 Å². The lowest BCUT2D eigenvalue weighted by Crippen LogP contribution is -2.49. The summed E-state index contributed by atoms with van der Waals surface area (Å²) in [6.45, 7) is 5.52. The molecule has 2 N–H and O–H groups in total. The topological polar surface area (TPSA) is 89.0 Å². The number of nitrogens with zero attached hydrogens (tertiary/aromatic N) is 1. The number of rotatable bonds is 9. The lowest BCUT2D eigenvalue weighted by molar-refractivity contribution is -0.124. The molecule has 0 saturated carbocycles. The molecule has 7 heteroatoms. The summed E-state index contributed by atoms with van der Waals surface area (Å²) in [6.07, 6.45) is 4.32. The molecular weight excluding hydrogens is 394 g/mol. The number of hydrazone groups is 1. The number of hydrogen-bond donors (Lipinski definition) is 2. The van der Waals surface area contributed by atoms with Crippen molar-refractivity contribution in [1.29, 1.82) is 0 Å². The fourth-order valence-electron chi connectivity index (χ4n) is 2.44. The lowest BCUT2D eigenvalue weighted by Gasteiger charge is -2.22. The summed E-state index contributed by atoms with van der Waals surface area (Å²) in [5.74, 6) is -0.511. The fraction of sp³-hybridized carbons (Fsp3) is 0.292. The molecule has 1 atom stereocenters. The molecule has 164 valence electrons. The molecule has 1 unspecified atom stereocenters. The highest BCUT2D eigenvalue weighted by atomic mass is 16.6. The van der Waals surface area contributed by atoms with Gasteiger partial charge in [-0.25, -0.2) is 10.2 Å². The predicted molar refractivity (Wildman–Crippen MR) is 121 cm³/mol. The van der Waals surface area contributed by atoms with Gasteiger partial charge in [0.1, 0.15) is 11.6 Å². The van der Waals surface area contributed by atoms with Gasteiger partial charge in [-0.3, -0.25) is 4.79 Å². The number of alkyl carbamates (subject to hydrolysis) is 1. The largest absolute Gasteiger partial charge is 0.444 e. The summed E-state index contributed by atoms with van der Waals surface area (Å²) >= 11 is 0. The molecule has 2 rings (SSSR count). The van der Waals surface area contributed by atoms with E-state index >= 15 is 0 Å². The van der Waals surface area contributed by atoms with Crippen molar-refractivity contribution in [2.24, 2.45) is 5.10 Å². The molecule has 0 saturated heterocycles. The lowest BCUT2D eigenvalue weighted by atomic mass is 10.2. The van der Waals surface area contributed by atoms with Crippen LogP contribution in [0.3, 0.4) is 0 Å². The van der Waals surface area contributed by atoms with Crippen molar-refractivity contribution in [2.45, 2.75) is 39.0 Å². The Bertz CT molecular complexity index is 875. The van der Waals surface area contributed by atoms with E-state index in [1.807, 2.05) is 66.7 Å². The number of carbonyl (C=O) groups excluding carboxylic acids is 2. The van der Waals surface area contributed by atoms with E-state index in [2.05, 4.69) is 15.8 Å². The molecule has 0 bridgehead atoms. The molecule has 7 nitrogen and oxygen atoms in total. The van der Waals surface area contributed by atoms with Gasteiger partial charge in [0.15, 0.2) is 0 Å². The van der Waals surface area contributed by atoms with Crippen LogP contribution in [0.15, 0.2) is 71.8 Å². The highest BCUT2D eigenvalue weighted by Crippen LogP contribution is 2.07. The van der Waals surface area contributed by atoms with Crippen molar-refractivity contribution in [2.75, 3.05) is 6.61 Å². The third-order valence-electron chi connectivity index (χ3n) is 3.83. The molecule has 2 aromatic carbocycles. The Labute approximate surface area is 183 Å². The van der Waals surface area contributed by atoms with Crippen LogP contribution in [0, 0.1) is 0 Å². The van der Waals surface area contributed by atoms with Gasteiger partial charge in [-0.2, -0.15) is 5.10 Å². The standard InChI is InChI=1S/C24H29N3O4/c1-24(2,3)31-23(29)26-21(18-30-17-20-13-8-5-9-14-20)22(28)27-25-16-10-15-19-11-6-4-7-12-19/h4-16,21H,17-18H2,1-3H3,(H,26,29)(H,27,28). The minimum atomic E-state index is -0.964. The summed E-state index contributed by atoms with van der Waals surface area (Å²) in [5, 5.41) is 6.43. The summed E-state index contributed by atoms with van der Waals surface area (Å²) in [7, 11) is 0. The summed E-state index contributed by atoms with van der Waals surface area (Å²) in [6, 6.07) is 18.3. The molecule has 0 aliphatic carbocycles. The number of nitrogens with one attached hydrogen (secondary N) is 2. The number of amides is 2. The zero-order valence-corrected chi connectivity index (χ0v) is 18.1. The van der Waals surface area contributed by atoms with Gasteiger partial charge in [-0.1, -0.05) is 66.7 Å². The minimum absolute atomic E-state index is 0.0324. The summed E-state index contributed by atoms with van der Waals surface area (Å²) in [4.78, 5) is 24.6. The van der Waals surface area contributed by atoms with Gasteiger partial charge in [0.2, 0.25) is 0 Å². The van der Waals surface area contributed by atoms with Crippen LogP contribution in [0.2, 0.25) is 0 Å². The smallest absolute Gasteiger partial charge is 0.408 e. The van der Waals surface area contributed by atoms with Crippen molar-refractivity contribution < 1.29 is 19.1 Å². The molecule has 2 amide bonds. The Hall–Kier alpha value is -3.45. The minimum Gasteiger partial charge on any atom is -0.444 e. The van der Waals surface area contributed by atoms with Gasteiger partial charge in [-0.15, -0.1) is 0 Å². The second-order valence-electron chi connectivity index (χ2n) is 7.72. The van der Waals surface area contributed by atoms with E-state index in [0.717, 1.165) is 11.1 Å². The molecule has 0 aliphatic rings. The monoisotopic (exact) mass is 423 g/mol. The molecule has 0 aromatic heterocycles. The van der Waals surface area contributed by atoms with Crippen LogP contribution in [0.5, 0.6) is 0 Å². The average Bonchev–Trinajstić information content (AvgIpc) is 2.73. The van der Waals surface area contributed by atoms with Gasteiger partial charge < -0.3 is 14.8 Å². The zero-order chi connectivity index (χ0) is 22.5. The van der Waals surface area contributed by atoms with Crippen molar-refractivity contribution in [3.8, 4) is 0 Å². The molecule has 0 spiro atoms. The SMILES string of the molecule is CC(C)(C)OC(=O)NC(COCc1ccccc1)C(=O)NN=CC=Cc1ccccc1. The Kier molecular flexibility index (Phi) is 9.45. The summed E-state index contributed by atoms with van der Waals surface area (Å²) in [5.41, 5.74) is 3.70. The van der Waals surface area contributed by atoms with Crippen LogP contribution in [-0.4, -0.2) is 36.5 Å². The van der Waals surface area contributed by atoms with Crippen LogP contribution in [0.4, 0.5) is 4.79 Å². The van der Waals surface area contributed by atoms with Crippen molar-refractivity contribution in [1.82, 2.24) is 10.7 Å². The van der Waals surface area contributed by atoms with E-state index in [4.69, 9.17) is 9.47 Å². The number of carbonyl (C=O) groups is 2. The molecule has 0 fully saturated rings. The quantitative estimate of drug-likeness (QED) is 0.473. The maximum absolute atomic E-state index is 12.5.